The van der Waals surface area contributed by atoms with Crippen molar-refractivity contribution in [2.24, 2.45) is 0 Å². The molecule has 0 aliphatic rings. The molecule has 2 aromatic heterocycles. The summed E-state index contributed by atoms with van der Waals surface area (Å²) in [5.74, 6) is -0.311. The van der Waals surface area contributed by atoms with Crippen LogP contribution in [-0.2, 0) is 0 Å². The highest BCUT2D eigenvalue weighted by Crippen LogP contribution is 2.01. The Morgan fingerprint density at radius 2 is 1.89 bits per heavy atom. The number of rotatable bonds is 5. The lowest BCUT2D eigenvalue weighted by Crippen LogP contribution is -2.34. The van der Waals surface area contributed by atoms with Crippen LogP contribution in [0, 0.1) is 6.92 Å². The van der Waals surface area contributed by atoms with Crippen LogP contribution in [0.25, 0.3) is 0 Å². The molecule has 7 nitrogen and oxygen atoms in total. The second kappa shape index (κ2) is 5.85. The van der Waals surface area contributed by atoms with Gasteiger partial charge in [0.2, 0.25) is 5.76 Å². The van der Waals surface area contributed by atoms with Crippen LogP contribution in [0.2, 0.25) is 0 Å². The van der Waals surface area contributed by atoms with Gasteiger partial charge in [-0.2, -0.15) is 0 Å². The van der Waals surface area contributed by atoms with E-state index in [-0.39, 0.29) is 29.9 Å². The Morgan fingerprint density at radius 1 is 1.21 bits per heavy atom. The third kappa shape index (κ3) is 3.44. The van der Waals surface area contributed by atoms with Gasteiger partial charge < -0.3 is 19.6 Å². The molecule has 0 fully saturated rings. The van der Waals surface area contributed by atoms with E-state index in [4.69, 9.17) is 8.94 Å². The Kier molecular flexibility index (Phi) is 3.97. The van der Waals surface area contributed by atoms with Gasteiger partial charge in [0.15, 0.2) is 5.76 Å². The predicted octanol–water partition coefficient (Wildman–Crippen LogP) is 0.736. The van der Waals surface area contributed by atoms with E-state index in [1.54, 1.807) is 19.1 Å². The number of carbonyl (C=O) groups excluding carboxylic acids is 2. The van der Waals surface area contributed by atoms with E-state index in [0.29, 0.717) is 12.2 Å². The van der Waals surface area contributed by atoms with Crippen LogP contribution in [0.1, 0.15) is 26.8 Å². The topological polar surface area (TPSA) is 97.4 Å². The highest BCUT2D eigenvalue weighted by molar-refractivity contribution is 5.92. The van der Waals surface area contributed by atoms with Crippen molar-refractivity contribution in [3.8, 4) is 0 Å². The molecule has 0 unspecified atom stereocenters. The minimum absolute atomic E-state index is 0.148. The zero-order valence-corrected chi connectivity index (χ0v) is 10.3. The maximum atomic E-state index is 11.6. The highest BCUT2D eigenvalue weighted by atomic mass is 16.5. The first-order valence-corrected chi connectivity index (χ1v) is 5.70. The fourth-order valence-electron chi connectivity index (χ4n) is 1.40. The van der Waals surface area contributed by atoms with Gasteiger partial charge in [-0.05, 0) is 19.1 Å². The van der Waals surface area contributed by atoms with E-state index in [2.05, 4.69) is 15.8 Å². The average molecular weight is 263 g/mol. The first-order chi connectivity index (χ1) is 9.16. The molecule has 100 valence electrons. The van der Waals surface area contributed by atoms with Crippen LogP contribution >= 0.6 is 0 Å². The monoisotopic (exact) mass is 263 g/mol. The maximum absolute atomic E-state index is 11.6. The van der Waals surface area contributed by atoms with Gasteiger partial charge in [-0.15, -0.1) is 0 Å². The van der Waals surface area contributed by atoms with E-state index in [1.807, 2.05) is 0 Å². The van der Waals surface area contributed by atoms with Gasteiger partial charge in [-0.3, -0.25) is 9.59 Å². The third-order valence-electron chi connectivity index (χ3n) is 2.29. The number of aromatic nitrogens is 1. The summed E-state index contributed by atoms with van der Waals surface area (Å²) < 4.78 is 9.72. The second-order valence-electron chi connectivity index (χ2n) is 3.82. The summed E-state index contributed by atoms with van der Waals surface area (Å²) in [5, 5.41) is 8.81. The summed E-state index contributed by atoms with van der Waals surface area (Å²) in [6.45, 7) is 2.30. The van der Waals surface area contributed by atoms with Gasteiger partial charge in [0.05, 0.1) is 12.0 Å². The van der Waals surface area contributed by atoms with Gasteiger partial charge in [-0.1, -0.05) is 5.16 Å². The van der Waals surface area contributed by atoms with Crippen molar-refractivity contribution in [3.63, 3.8) is 0 Å². The van der Waals surface area contributed by atoms with Gasteiger partial charge in [-0.25, -0.2) is 0 Å². The third-order valence-corrected chi connectivity index (χ3v) is 2.29. The molecule has 0 aliphatic heterocycles. The molecule has 0 aromatic carbocycles. The zero-order chi connectivity index (χ0) is 13.7. The predicted molar refractivity (Wildman–Crippen MR) is 64.6 cm³/mol. The van der Waals surface area contributed by atoms with E-state index in [1.165, 1.54) is 12.3 Å². The Hall–Kier alpha value is -2.57. The minimum Gasteiger partial charge on any atom is -0.459 e. The van der Waals surface area contributed by atoms with Crippen molar-refractivity contribution in [2.45, 2.75) is 6.92 Å². The lowest BCUT2D eigenvalue weighted by Gasteiger charge is -2.04. The molecule has 2 aromatic rings. The molecule has 2 N–H and O–H groups in total. The normalized spacial score (nSPS) is 10.2. The number of hydrogen-bond acceptors (Lipinski definition) is 5. The largest absolute Gasteiger partial charge is 0.459 e. The number of aryl methyl sites for hydroxylation is 1. The van der Waals surface area contributed by atoms with Crippen LogP contribution in [0.4, 0.5) is 0 Å². The van der Waals surface area contributed by atoms with Crippen molar-refractivity contribution in [2.75, 3.05) is 13.1 Å². The molecule has 2 amide bonds. The maximum Gasteiger partial charge on any atom is 0.289 e. The summed E-state index contributed by atoms with van der Waals surface area (Å²) in [4.78, 5) is 23.0. The Balaban J connectivity index is 1.70. The highest BCUT2D eigenvalue weighted by Gasteiger charge is 2.11. The molecule has 0 radical (unpaired) electrons. The fourth-order valence-corrected chi connectivity index (χ4v) is 1.40. The first-order valence-electron chi connectivity index (χ1n) is 5.70. The van der Waals surface area contributed by atoms with Crippen molar-refractivity contribution in [1.82, 2.24) is 15.8 Å². The molecule has 0 spiro atoms. The van der Waals surface area contributed by atoms with E-state index >= 15 is 0 Å². The van der Waals surface area contributed by atoms with Gasteiger partial charge >= 0.3 is 0 Å². The quantitative estimate of drug-likeness (QED) is 0.775. The number of nitrogens with one attached hydrogen (secondary N) is 2. The number of carbonyl (C=O) groups is 2. The molecule has 0 atom stereocenters. The van der Waals surface area contributed by atoms with Gasteiger partial charge in [0.1, 0.15) is 0 Å². The van der Waals surface area contributed by atoms with Gasteiger partial charge in [0.25, 0.3) is 11.8 Å². The Labute approximate surface area is 108 Å². The number of amides is 2. The van der Waals surface area contributed by atoms with Crippen LogP contribution in [0.15, 0.2) is 33.4 Å². The summed E-state index contributed by atoms with van der Waals surface area (Å²) in [6, 6.07) is 4.73. The van der Waals surface area contributed by atoms with Crippen LogP contribution in [0.5, 0.6) is 0 Å². The smallest absolute Gasteiger partial charge is 0.289 e. The first kappa shape index (κ1) is 12.9. The SMILES string of the molecule is Cc1cc(C(=O)NCCNC(=O)c2ccco2)on1. The van der Waals surface area contributed by atoms with Crippen LogP contribution in [-0.4, -0.2) is 30.1 Å². The molecule has 0 bridgehead atoms. The van der Waals surface area contributed by atoms with E-state index < -0.39 is 0 Å². The molecule has 2 rings (SSSR count). The molecule has 19 heavy (non-hydrogen) atoms. The van der Waals surface area contributed by atoms with Gasteiger partial charge in [0, 0.05) is 19.2 Å². The zero-order valence-electron chi connectivity index (χ0n) is 10.3. The molecular formula is C12H13N3O4. The van der Waals surface area contributed by atoms with E-state index in [9.17, 15) is 9.59 Å². The molecule has 0 aliphatic carbocycles. The Morgan fingerprint density at radius 3 is 2.42 bits per heavy atom. The molecular weight excluding hydrogens is 250 g/mol. The summed E-state index contributed by atoms with van der Waals surface area (Å²) in [7, 11) is 0. The summed E-state index contributed by atoms with van der Waals surface area (Å²) in [6.07, 6.45) is 1.42. The number of nitrogens with zero attached hydrogens (tertiary/aromatic N) is 1. The van der Waals surface area contributed by atoms with E-state index in [0.717, 1.165) is 0 Å². The van der Waals surface area contributed by atoms with Crippen LogP contribution in [0.3, 0.4) is 0 Å². The lowest BCUT2D eigenvalue weighted by molar-refractivity contribution is 0.0895. The fraction of sp³-hybridized carbons (Fsp3) is 0.250. The minimum atomic E-state index is -0.368. The summed E-state index contributed by atoms with van der Waals surface area (Å²) >= 11 is 0. The number of hydrogen-bond donors (Lipinski definition) is 2. The molecule has 2 heterocycles. The van der Waals surface area contributed by atoms with Crippen molar-refractivity contribution in [3.05, 3.63) is 41.7 Å². The lowest BCUT2D eigenvalue weighted by atomic mass is 10.3. The standard InChI is InChI=1S/C12H13N3O4/c1-8-7-10(19-15-8)12(17)14-5-4-13-11(16)9-3-2-6-18-9/h2-3,6-7H,4-5H2,1H3,(H,13,16)(H,14,17). The molecule has 7 heteroatoms. The summed E-state index contributed by atoms with van der Waals surface area (Å²) in [5.41, 5.74) is 0.635. The van der Waals surface area contributed by atoms with Crippen molar-refractivity contribution < 1.29 is 18.5 Å². The molecule has 0 saturated carbocycles. The number of furan rings is 1. The Bertz CT molecular complexity index is 559. The van der Waals surface area contributed by atoms with Crippen LogP contribution < -0.4 is 10.6 Å². The molecule has 0 saturated heterocycles. The average Bonchev–Trinajstić information content (AvgIpc) is 3.04. The van der Waals surface area contributed by atoms with Crippen molar-refractivity contribution >= 4 is 11.8 Å². The second-order valence-corrected chi connectivity index (χ2v) is 3.82. The van der Waals surface area contributed by atoms with Crippen molar-refractivity contribution in [1.29, 1.82) is 0 Å².